The van der Waals surface area contributed by atoms with Gasteiger partial charge in [-0.25, -0.2) is 9.59 Å². The number of likely N-dealkylation sites (tertiary alicyclic amines) is 1. The molecular weight excluding hydrogens is 314 g/mol. The van der Waals surface area contributed by atoms with Gasteiger partial charge in [-0.15, -0.1) is 0 Å². The van der Waals surface area contributed by atoms with E-state index in [4.69, 9.17) is 4.74 Å². The lowest BCUT2D eigenvalue weighted by Gasteiger charge is -2.38. The van der Waals surface area contributed by atoms with Gasteiger partial charge in [0.2, 0.25) is 5.91 Å². The lowest BCUT2D eigenvalue weighted by atomic mass is 9.95. The Morgan fingerprint density at radius 3 is 2.71 bits per heavy atom. The van der Waals surface area contributed by atoms with Crippen molar-refractivity contribution in [2.75, 3.05) is 39.4 Å². The molecule has 8 heteroatoms. The molecule has 2 fully saturated rings. The van der Waals surface area contributed by atoms with Gasteiger partial charge in [-0.2, -0.15) is 0 Å². The molecule has 8 nitrogen and oxygen atoms in total. The number of urea groups is 1. The first-order valence-corrected chi connectivity index (χ1v) is 8.54. The lowest BCUT2D eigenvalue weighted by Crippen LogP contribution is -2.57. The number of piperidine rings is 1. The highest BCUT2D eigenvalue weighted by atomic mass is 16.5. The first-order chi connectivity index (χ1) is 11.4. The number of morpholine rings is 1. The van der Waals surface area contributed by atoms with Gasteiger partial charge < -0.3 is 25.0 Å². The summed E-state index contributed by atoms with van der Waals surface area (Å²) in [6.07, 6.45) is 1.42. The van der Waals surface area contributed by atoms with E-state index in [0.717, 1.165) is 6.42 Å². The average molecular weight is 341 g/mol. The summed E-state index contributed by atoms with van der Waals surface area (Å²) < 4.78 is 5.18. The Kier molecular flexibility index (Phi) is 6.42. The third-order valence-electron chi connectivity index (χ3n) is 4.42. The Balaban J connectivity index is 1.96. The number of hydrogen-bond acceptors (Lipinski definition) is 4. The monoisotopic (exact) mass is 341 g/mol. The predicted molar refractivity (Wildman–Crippen MR) is 86.5 cm³/mol. The van der Waals surface area contributed by atoms with Crippen LogP contribution in [0.5, 0.6) is 0 Å². The van der Waals surface area contributed by atoms with Crippen molar-refractivity contribution in [3.8, 4) is 0 Å². The molecule has 0 aromatic carbocycles. The maximum absolute atomic E-state index is 12.8. The number of amides is 3. The fourth-order valence-corrected chi connectivity index (χ4v) is 3.07. The average Bonchev–Trinajstić information content (AvgIpc) is 2.59. The van der Waals surface area contributed by atoms with Gasteiger partial charge in [-0.3, -0.25) is 4.79 Å². The van der Waals surface area contributed by atoms with E-state index in [1.807, 2.05) is 13.8 Å². The Morgan fingerprint density at radius 2 is 2.04 bits per heavy atom. The summed E-state index contributed by atoms with van der Waals surface area (Å²) in [5.74, 6) is -1.22. The highest BCUT2D eigenvalue weighted by molar-refractivity contribution is 5.86. The van der Waals surface area contributed by atoms with Crippen molar-refractivity contribution in [3.05, 3.63) is 0 Å². The maximum atomic E-state index is 12.8. The smallest absolute Gasteiger partial charge is 0.328 e. The van der Waals surface area contributed by atoms with Gasteiger partial charge in [-0.05, 0) is 18.8 Å². The van der Waals surface area contributed by atoms with E-state index in [1.54, 1.807) is 4.90 Å². The normalized spacial score (nSPS) is 24.8. The SMILES string of the molecule is CC(C)CNC(=O)N1CCCC(C(=O)N2CCOCC2C(=O)O)C1. The van der Waals surface area contributed by atoms with Gasteiger partial charge >= 0.3 is 12.0 Å². The van der Waals surface area contributed by atoms with Gasteiger partial charge in [0.05, 0.1) is 19.1 Å². The molecule has 3 amide bonds. The largest absolute Gasteiger partial charge is 0.480 e. The summed E-state index contributed by atoms with van der Waals surface area (Å²) in [6.45, 7) is 6.25. The number of nitrogens with zero attached hydrogens (tertiary/aromatic N) is 2. The minimum Gasteiger partial charge on any atom is -0.480 e. The minimum atomic E-state index is -1.05. The fourth-order valence-electron chi connectivity index (χ4n) is 3.07. The number of rotatable bonds is 4. The first kappa shape index (κ1) is 18.5. The summed E-state index contributed by atoms with van der Waals surface area (Å²) in [4.78, 5) is 39.3. The van der Waals surface area contributed by atoms with Gasteiger partial charge in [0.25, 0.3) is 0 Å². The Hall–Kier alpha value is -1.83. The second-order valence-electron chi connectivity index (χ2n) is 6.83. The zero-order valence-corrected chi connectivity index (χ0v) is 14.4. The highest BCUT2D eigenvalue weighted by Crippen LogP contribution is 2.21. The van der Waals surface area contributed by atoms with Gasteiger partial charge in [0.15, 0.2) is 6.04 Å². The van der Waals surface area contributed by atoms with E-state index >= 15 is 0 Å². The topological polar surface area (TPSA) is 99.2 Å². The molecule has 0 aromatic rings. The standard InChI is InChI=1S/C16H27N3O5/c1-11(2)8-17-16(23)18-5-3-4-12(9-18)14(20)19-6-7-24-10-13(19)15(21)22/h11-13H,3-10H2,1-2H3,(H,17,23)(H,21,22). The molecule has 0 bridgehead atoms. The van der Waals surface area contributed by atoms with Crippen molar-refractivity contribution in [2.45, 2.75) is 32.7 Å². The van der Waals surface area contributed by atoms with E-state index in [9.17, 15) is 19.5 Å². The molecule has 0 radical (unpaired) electrons. The van der Waals surface area contributed by atoms with Crippen molar-refractivity contribution >= 4 is 17.9 Å². The summed E-state index contributed by atoms with van der Waals surface area (Å²) >= 11 is 0. The molecule has 2 unspecified atom stereocenters. The third-order valence-corrected chi connectivity index (χ3v) is 4.42. The molecule has 0 spiro atoms. The molecule has 2 rings (SSSR count). The Bertz CT molecular complexity index is 482. The van der Waals surface area contributed by atoms with Crippen LogP contribution in [0.25, 0.3) is 0 Å². The molecule has 0 saturated carbocycles. The van der Waals surface area contributed by atoms with Gasteiger partial charge in [0.1, 0.15) is 0 Å². The second-order valence-corrected chi connectivity index (χ2v) is 6.83. The van der Waals surface area contributed by atoms with Gasteiger partial charge in [0, 0.05) is 26.2 Å². The van der Waals surface area contributed by atoms with E-state index in [2.05, 4.69) is 5.32 Å². The highest BCUT2D eigenvalue weighted by Gasteiger charge is 2.38. The van der Waals surface area contributed by atoms with Crippen LogP contribution in [-0.2, 0) is 14.3 Å². The molecule has 2 aliphatic rings. The molecule has 2 heterocycles. The van der Waals surface area contributed by atoms with Crippen LogP contribution in [0.3, 0.4) is 0 Å². The number of carboxylic acids is 1. The molecule has 24 heavy (non-hydrogen) atoms. The molecule has 2 N–H and O–H groups in total. The molecule has 2 atom stereocenters. The number of hydrogen-bond donors (Lipinski definition) is 2. The van der Waals surface area contributed by atoms with E-state index < -0.39 is 12.0 Å². The Labute approximate surface area is 142 Å². The number of carbonyl (C=O) groups excluding carboxylic acids is 2. The molecule has 2 saturated heterocycles. The minimum absolute atomic E-state index is 0.0202. The quantitative estimate of drug-likeness (QED) is 0.770. The summed E-state index contributed by atoms with van der Waals surface area (Å²) in [6, 6.07) is -1.09. The van der Waals surface area contributed by atoms with E-state index in [0.29, 0.717) is 38.6 Å². The molecule has 0 aromatic heterocycles. The van der Waals surface area contributed by atoms with Crippen LogP contribution < -0.4 is 5.32 Å². The number of carbonyl (C=O) groups is 3. The maximum Gasteiger partial charge on any atom is 0.328 e. The first-order valence-electron chi connectivity index (χ1n) is 8.54. The molecule has 2 aliphatic heterocycles. The second kappa shape index (κ2) is 8.32. The summed E-state index contributed by atoms with van der Waals surface area (Å²) in [5, 5.41) is 12.1. The summed E-state index contributed by atoms with van der Waals surface area (Å²) in [7, 11) is 0. The molecule has 136 valence electrons. The van der Waals surface area contributed by atoms with Crippen molar-refractivity contribution < 1.29 is 24.2 Å². The molecular formula is C16H27N3O5. The number of carboxylic acid groups (broad SMARTS) is 1. The molecule has 0 aliphatic carbocycles. The van der Waals surface area contributed by atoms with Crippen molar-refractivity contribution in [3.63, 3.8) is 0 Å². The van der Waals surface area contributed by atoms with Crippen LogP contribution in [0.2, 0.25) is 0 Å². The predicted octanol–water partition coefficient (Wildman–Crippen LogP) is 0.376. The lowest BCUT2D eigenvalue weighted by molar-refractivity contribution is -0.161. The Morgan fingerprint density at radius 1 is 1.29 bits per heavy atom. The van der Waals surface area contributed by atoms with Crippen LogP contribution in [0.15, 0.2) is 0 Å². The van der Waals surface area contributed by atoms with Crippen LogP contribution in [0, 0.1) is 11.8 Å². The van der Waals surface area contributed by atoms with Crippen LogP contribution in [0.1, 0.15) is 26.7 Å². The zero-order chi connectivity index (χ0) is 17.7. The third kappa shape index (κ3) is 4.59. The van der Waals surface area contributed by atoms with Crippen molar-refractivity contribution in [1.82, 2.24) is 15.1 Å². The van der Waals surface area contributed by atoms with Crippen LogP contribution in [0.4, 0.5) is 4.79 Å². The number of nitrogens with one attached hydrogen (secondary N) is 1. The fraction of sp³-hybridized carbons (Fsp3) is 0.812. The van der Waals surface area contributed by atoms with Gasteiger partial charge in [-0.1, -0.05) is 13.8 Å². The zero-order valence-electron chi connectivity index (χ0n) is 14.4. The van der Waals surface area contributed by atoms with E-state index in [-0.39, 0.29) is 31.0 Å². The van der Waals surface area contributed by atoms with Crippen molar-refractivity contribution in [2.24, 2.45) is 11.8 Å². The van der Waals surface area contributed by atoms with Crippen LogP contribution in [-0.4, -0.2) is 78.2 Å². The number of aliphatic carboxylic acids is 1. The van der Waals surface area contributed by atoms with E-state index in [1.165, 1.54) is 4.90 Å². The van der Waals surface area contributed by atoms with Crippen molar-refractivity contribution in [1.29, 1.82) is 0 Å². The number of ether oxygens (including phenoxy) is 1. The summed E-state index contributed by atoms with van der Waals surface area (Å²) in [5.41, 5.74) is 0. The van der Waals surface area contributed by atoms with Crippen LogP contribution >= 0.6 is 0 Å².